The van der Waals surface area contributed by atoms with Crippen LogP contribution in [0.15, 0.2) is 24.5 Å². The standard InChI is InChI=1S/C22H37N3O2/c1-7-24(20(26)27-21(2,3)4)17-19-10-14-25(15-11-19)22(5,6)16-18-8-12-23-13-9-18/h8-9,12-13,19H,7,10-11,14-17H2,1-6H3. The van der Waals surface area contributed by atoms with Gasteiger partial charge >= 0.3 is 6.09 Å². The average Bonchev–Trinajstić information content (AvgIpc) is 2.59. The van der Waals surface area contributed by atoms with Crippen LogP contribution >= 0.6 is 0 Å². The molecule has 1 aliphatic heterocycles. The number of hydrogen-bond acceptors (Lipinski definition) is 4. The minimum Gasteiger partial charge on any atom is -0.444 e. The van der Waals surface area contributed by atoms with Gasteiger partial charge in [0.1, 0.15) is 5.60 Å². The Morgan fingerprint density at radius 1 is 1.19 bits per heavy atom. The molecule has 0 N–H and O–H groups in total. The highest BCUT2D eigenvalue weighted by atomic mass is 16.6. The highest BCUT2D eigenvalue weighted by Crippen LogP contribution is 2.27. The fourth-order valence-electron chi connectivity index (χ4n) is 3.80. The first kappa shape index (κ1) is 21.7. The number of amides is 1. The zero-order valence-corrected chi connectivity index (χ0v) is 18.0. The van der Waals surface area contributed by atoms with E-state index in [1.807, 2.05) is 45.0 Å². The Morgan fingerprint density at radius 3 is 2.30 bits per heavy atom. The summed E-state index contributed by atoms with van der Waals surface area (Å²) in [6.45, 7) is 16.1. The quantitative estimate of drug-likeness (QED) is 0.740. The summed E-state index contributed by atoms with van der Waals surface area (Å²) in [5.41, 5.74) is 1.02. The van der Waals surface area contributed by atoms with Gasteiger partial charge in [-0.15, -0.1) is 0 Å². The topological polar surface area (TPSA) is 45.7 Å². The molecule has 0 spiro atoms. The van der Waals surface area contributed by atoms with Crippen LogP contribution in [0.3, 0.4) is 0 Å². The molecule has 0 atom stereocenters. The van der Waals surface area contributed by atoms with E-state index < -0.39 is 5.60 Å². The molecule has 0 saturated carbocycles. The van der Waals surface area contributed by atoms with Crippen LogP contribution in [0.5, 0.6) is 0 Å². The lowest BCUT2D eigenvalue weighted by Gasteiger charge is -2.44. The molecule has 152 valence electrons. The average molecular weight is 376 g/mol. The minimum absolute atomic E-state index is 0.127. The molecule has 27 heavy (non-hydrogen) atoms. The summed E-state index contributed by atoms with van der Waals surface area (Å²) >= 11 is 0. The Hall–Kier alpha value is -1.62. The number of hydrogen-bond donors (Lipinski definition) is 0. The van der Waals surface area contributed by atoms with E-state index in [1.165, 1.54) is 5.56 Å². The number of likely N-dealkylation sites (tertiary alicyclic amines) is 1. The van der Waals surface area contributed by atoms with Gasteiger partial charge in [-0.3, -0.25) is 9.88 Å². The van der Waals surface area contributed by atoms with Gasteiger partial charge in [0.15, 0.2) is 0 Å². The second kappa shape index (κ2) is 9.05. The zero-order chi connectivity index (χ0) is 20.1. The summed E-state index contributed by atoms with van der Waals surface area (Å²) in [6.07, 6.45) is 6.82. The summed E-state index contributed by atoms with van der Waals surface area (Å²) < 4.78 is 5.55. The number of carbonyl (C=O) groups is 1. The van der Waals surface area contributed by atoms with E-state index in [0.29, 0.717) is 12.5 Å². The third-order valence-corrected chi connectivity index (χ3v) is 5.37. The summed E-state index contributed by atoms with van der Waals surface area (Å²) in [4.78, 5) is 20.9. The molecule has 2 heterocycles. The maximum Gasteiger partial charge on any atom is 0.410 e. The molecule has 2 rings (SSSR count). The predicted molar refractivity (Wildman–Crippen MR) is 110 cm³/mol. The maximum absolute atomic E-state index is 12.4. The van der Waals surface area contributed by atoms with Gasteiger partial charge in [-0.25, -0.2) is 4.79 Å². The Kier molecular flexibility index (Phi) is 7.26. The number of ether oxygens (including phenoxy) is 1. The molecule has 1 aromatic heterocycles. The Morgan fingerprint density at radius 2 is 1.78 bits per heavy atom. The summed E-state index contributed by atoms with van der Waals surface area (Å²) in [5, 5.41) is 0. The van der Waals surface area contributed by atoms with Crippen LogP contribution in [0, 0.1) is 5.92 Å². The molecule has 1 aromatic rings. The van der Waals surface area contributed by atoms with Crippen molar-refractivity contribution >= 4 is 6.09 Å². The smallest absolute Gasteiger partial charge is 0.410 e. The van der Waals surface area contributed by atoms with Crippen molar-refractivity contribution in [1.82, 2.24) is 14.8 Å². The van der Waals surface area contributed by atoms with Gasteiger partial charge in [-0.05, 0) is 97.5 Å². The first-order valence-electron chi connectivity index (χ1n) is 10.2. The van der Waals surface area contributed by atoms with Gasteiger partial charge in [-0.1, -0.05) is 0 Å². The normalized spacial score (nSPS) is 17.0. The number of rotatable bonds is 6. The third-order valence-electron chi connectivity index (χ3n) is 5.37. The maximum atomic E-state index is 12.4. The molecule has 1 fully saturated rings. The van der Waals surface area contributed by atoms with Gasteiger partial charge in [0, 0.05) is 31.0 Å². The highest BCUT2D eigenvalue weighted by Gasteiger charge is 2.32. The molecule has 0 unspecified atom stereocenters. The molecule has 1 aliphatic rings. The number of piperidine rings is 1. The molecule has 0 bridgehead atoms. The molecule has 1 amide bonds. The van der Waals surface area contributed by atoms with Crippen molar-refractivity contribution in [2.75, 3.05) is 26.2 Å². The van der Waals surface area contributed by atoms with Gasteiger partial charge in [0.2, 0.25) is 0 Å². The summed E-state index contributed by atoms with van der Waals surface area (Å²) in [5.74, 6) is 0.547. The second-order valence-corrected chi connectivity index (χ2v) is 9.29. The van der Waals surface area contributed by atoms with E-state index in [9.17, 15) is 4.79 Å². The van der Waals surface area contributed by atoms with E-state index >= 15 is 0 Å². The van der Waals surface area contributed by atoms with Crippen LogP contribution in [0.25, 0.3) is 0 Å². The van der Waals surface area contributed by atoms with E-state index in [0.717, 1.165) is 38.9 Å². The predicted octanol–water partition coefficient (Wildman–Crippen LogP) is 4.37. The molecule has 0 aliphatic carbocycles. The van der Waals surface area contributed by atoms with Gasteiger partial charge in [0.05, 0.1) is 0 Å². The van der Waals surface area contributed by atoms with Crippen LogP contribution in [0.4, 0.5) is 4.79 Å². The third kappa shape index (κ3) is 6.80. The number of carbonyl (C=O) groups excluding carboxylic acids is 1. The summed E-state index contributed by atoms with van der Waals surface area (Å²) in [6, 6.07) is 4.21. The van der Waals surface area contributed by atoms with Crippen molar-refractivity contribution in [3.63, 3.8) is 0 Å². The van der Waals surface area contributed by atoms with Crippen molar-refractivity contribution in [3.05, 3.63) is 30.1 Å². The molecule has 5 nitrogen and oxygen atoms in total. The van der Waals surface area contributed by atoms with Crippen LogP contribution in [0.1, 0.15) is 59.9 Å². The van der Waals surface area contributed by atoms with Crippen LogP contribution in [-0.4, -0.2) is 58.2 Å². The van der Waals surface area contributed by atoms with Crippen LogP contribution in [0.2, 0.25) is 0 Å². The fourth-order valence-corrected chi connectivity index (χ4v) is 3.80. The van der Waals surface area contributed by atoms with E-state index in [1.54, 1.807) is 0 Å². The van der Waals surface area contributed by atoms with Gasteiger partial charge < -0.3 is 9.64 Å². The fraction of sp³-hybridized carbons (Fsp3) is 0.727. The first-order chi connectivity index (χ1) is 12.6. The second-order valence-electron chi connectivity index (χ2n) is 9.29. The Balaban J connectivity index is 1.85. The number of pyridine rings is 1. The van der Waals surface area contributed by atoms with Crippen LogP contribution < -0.4 is 0 Å². The highest BCUT2D eigenvalue weighted by molar-refractivity contribution is 5.68. The molecule has 5 heteroatoms. The number of nitrogens with zero attached hydrogens (tertiary/aromatic N) is 3. The van der Waals surface area contributed by atoms with Crippen LogP contribution in [-0.2, 0) is 11.2 Å². The molecular formula is C22H37N3O2. The Bertz CT molecular complexity index is 587. The SMILES string of the molecule is CCN(CC1CCN(C(C)(C)Cc2ccncc2)CC1)C(=O)OC(C)(C)C. The number of aromatic nitrogens is 1. The molecule has 0 radical (unpaired) electrons. The lowest BCUT2D eigenvalue weighted by atomic mass is 9.88. The van der Waals surface area contributed by atoms with Gasteiger partial charge in [0.25, 0.3) is 0 Å². The van der Waals surface area contributed by atoms with Crippen molar-refractivity contribution in [2.24, 2.45) is 5.92 Å². The van der Waals surface area contributed by atoms with E-state index in [4.69, 9.17) is 4.74 Å². The molecule has 0 aromatic carbocycles. The monoisotopic (exact) mass is 375 g/mol. The lowest BCUT2D eigenvalue weighted by Crippen LogP contribution is -2.51. The molecule has 1 saturated heterocycles. The first-order valence-corrected chi connectivity index (χ1v) is 10.2. The van der Waals surface area contributed by atoms with Crippen molar-refractivity contribution in [2.45, 2.75) is 71.9 Å². The van der Waals surface area contributed by atoms with Crippen molar-refractivity contribution in [3.8, 4) is 0 Å². The van der Waals surface area contributed by atoms with Crippen molar-refractivity contribution in [1.29, 1.82) is 0 Å². The largest absolute Gasteiger partial charge is 0.444 e. The van der Waals surface area contributed by atoms with Gasteiger partial charge in [-0.2, -0.15) is 0 Å². The molecular weight excluding hydrogens is 338 g/mol. The van der Waals surface area contributed by atoms with E-state index in [-0.39, 0.29) is 11.6 Å². The Labute approximate surface area is 165 Å². The van der Waals surface area contributed by atoms with E-state index in [2.05, 4.69) is 35.9 Å². The zero-order valence-electron chi connectivity index (χ0n) is 18.0. The summed E-state index contributed by atoms with van der Waals surface area (Å²) in [7, 11) is 0. The minimum atomic E-state index is -0.440. The lowest BCUT2D eigenvalue weighted by molar-refractivity contribution is 0.0168. The van der Waals surface area contributed by atoms with Crippen molar-refractivity contribution < 1.29 is 9.53 Å².